The van der Waals surface area contributed by atoms with Crippen molar-refractivity contribution in [3.63, 3.8) is 0 Å². The number of aromatic nitrogens is 2. The maximum atomic E-state index is 13.7. The number of benzene rings is 1. The number of anilines is 1. The van der Waals surface area contributed by atoms with Gasteiger partial charge in [-0.2, -0.15) is 5.26 Å². The Hall–Kier alpha value is -3.18. The predicted octanol–water partition coefficient (Wildman–Crippen LogP) is 2.06. The fraction of sp³-hybridized carbons (Fsp3) is 0.350. The molecule has 0 bridgehead atoms. The van der Waals surface area contributed by atoms with Gasteiger partial charge in [0.25, 0.3) is 0 Å². The molecule has 1 amide bonds. The highest BCUT2D eigenvalue weighted by Crippen LogP contribution is 2.24. The van der Waals surface area contributed by atoms with Gasteiger partial charge >= 0.3 is 0 Å². The van der Waals surface area contributed by atoms with Crippen LogP contribution in [0.2, 0.25) is 0 Å². The molecule has 1 aromatic heterocycles. The Labute approximate surface area is 161 Å². The number of halogens is 1. The van der Waals surface area contributed by atoms with E-state index in [4.69, 9.17) is 5.26 Å². The van der Waals surface area contributed by atoms with Crippen LogP contribution in [0, 0.1) is 11.3 Å². The smallest absolute Gasteiger partial charge is 0.231 e. The van der Waals surface area contributed by atoms with Crippen LogP contribution >= 0.6 is 0 Å². The number of allylic oxidation sites excluding steroid dienone is 3. The summed E-state index contributed by atoms with van der Waals surface area (Å²) in [5, 5.41) is 15.1. The van der Waals surface area contributed by atoms with Gasteiger partial charge in [-0.15, -0.1) is 0 Å². The first-order valence-electron chi connectivity index (χ1n) is 9.37. The van der Waals surface area contributed by atoms with Crippen molar-refractivity contribution in [1.29, 1.82) is 5.26 Å². The molecule has 2 aromatic rings. The van der Waals surface area contributed by atoms with Gasteiger partial charge in [0, 0.05) is 38.3 Å². The van der Waals surface area contributed by atoms with Crippen molar-refractivity contribution >= 4 is 22.6 Å². The Morgan fingerprint density at radius 3 is 2.96 bits per heavy atom. The van der Waals surface area contributed by atoms with E-state index in [-0.39, 0.29) is 30.0 Å². The predicted molar refractivity (Wildman–Crippen MR) is 104 cm³/mol. The van der Waals surface area contributed by atoms with Crippen molar-refractivity contribution in [2.75, 3.05) is 31.1 Å². The number of H-pyrrole nitrogens is 1. The van der Waals surface area contributed by atoms with Gasteiger partial charge in [0.15, 0.2) is 0 Å². The van der Waals surface area contributed by atoms with Gasteiger partial charge < -0.3 is 20.5 Å². The molecule has 0 radical (unpaired) electrons. The fourth-order valence-corrected chi connectivity index (χ4v) is 3.55. The monoisotopic (exact) mass is 380 g/mol. The zero-order chi connectivity index (χ0) is 19.5. The fourth-order valence-electron chi connectivity index (χ4n) is 3.55. The maximum Gasteiger partial charge on any atom is 0.231 e. The largest absolute Gasteiger partial charge is 0.369 e. The minimum absolute atomic E-state index is 0.0231. The molecule has 1 aliphatic heterocycles. The number of nitrogens with one attached hydrogen (secondary N) is 3. The van der Waals surface area contributed by atoms with E-state index < -0.39 is 5.83 Å². The van der Waals surface area contributed by atoms with E-state index in [1.165, 1.54) is 0 Å². The molecule has 7 nitrogen and oxygen atoms in total. The van der Waals surface area contributed by atoms with Gasteiger partial charge in [-0.3, -0.25) is 4.79 Å². The van der Waals surface area contributed by atoms with Crippen molar-refractivity contribution in [3.8, 4) is 6.07 Å². The number of hydrogen-bond acceptors (Lipinski definition) is 5. The lowest BCUT2D eigenvalue weighted by Crippen LogP contribution is -2.43. The van der Waals surface area contributed by atoms with Crippen LogP contribution in [0.5, 0.6) is 0 Å². The summed E-state index contributed by atoms with van der Waals surface area (Å²) in [6, 6.07) is 7.85. The van der Waals surface area contributed by atoms with Crippen molar-refractivity contribution in [1.82, 2.24) is 20.6 Å². The summed E-state index contributed by atoms with van der Waals surface area (Å²) in [7, 11) is 0. The normalized spacial score (nSPS) is 17.4. The van der Waals surface area contributed by atoms with Crippen LogP contribution in [-0.2, 0) is 11.2 Å². The van der Waals surface area contributed by atoms with Crippen molar-refractivity contribution in [2.45, 2.75) is 19.3 Å². The second-order valence-electron chi connectivity index (χ2n) is 6.90. The van der Waals surface area contributed by atoms with Crippen LogP contribution in [0.15, 0.2) is 41.4 Å². The summed E-state index contributed by atoms with van der Waals surface area (Å²) in [5.41, 5.74) is 2.94. The lowest BCUT2D eigenvalue weighted by molar-refractivity contribution is -0.119. The van der Waals surface area contributed by atoms with E-state index in [9.17, 15) is 9.18 Å². The number of rotatable bonds is 4. The number of aromatic amines is 1. The van der Waals surface area contributed by atoms with E-state index in [1.807, 2.05) is 24.3 Å². The van der Waals surface area contributed by atoms with E-state index in [2.05, 4.69) is 25.5 Å². The molecule has 144 valence electrons. The van der Waals surface area contributed by atoms with Gasteiger partial charge in [0.2, 0.25) is 5.91 Å². The average molecular weight is 380 g/mol. The second kappa shape index (κ2) is 7.82. The summed E-state index contributed by atoms with van der Waals surface area (Å²) >= 11 is 0. The molecular formula is C20H21FN6O. The number of fused-ring (bicyclic) bond motifs is 1. The van der Waals surface area contributed by atoms with Gasteiger partial charge in [-0.25, -0.2) is 9.37 Å². The number of nitrogens with zero attached hydrogens (tertiary/aromatic N) is 3. The van der Waals surface area contributed by atoms with E-state index >= 15 is 0 Å². The van der Waals surface area contributed by atoms with Gasteiger partial charge in [-0.1, -0.05) is 6.08 Å². The van der Waals surface area contributed by atoms with Crippen molar-refractivity contribution < 1.29 is 9.18 Å². The molecule has 3 N–H and O–H groups in total. The number of piperazine rings is 1. The molecule has 0 unspecified atom stereocenters. The first-order valence-corrected chi connectivity index (χ1v) is 9.37. The lowest BCUT2D eigenvalue weighted by Gasteiger charge is -2.29. The molecule has 0 atom stereocenters. The Balaban J connectivity index is 1.46. The molecule has 8 heteroatoms. The zero-order valence-electron chi connectivity index (χ0n) is 15.4. The number of hydrogen-bond donors (Lipinski definition) is 3. The Morgan fingerprint density at radius 2 is 2.18 bits per heavy atom. The van der Waals surface area contributed by atoms with Crippen LogP contribution in [-0.4, -0.2) is 42.1 Å². The summed E-state index contributed by atoms with van der Waals surface area (Å²) < 4.78 is 13.7. The third-order valence-corrected chi connectivity index (χ3v) is 4.96. The molecular weight excluding hydrogens is 359 g/mol. The molecule has 1 saturated heterocycles. The third-order valence-electron chi connectivity index (χ3n) is 4.96. The first-order chi connectivity index (χ1) is 13.6. The molecule has 2 aliphatic rings. The zero-order valence-corrected chi connectivity index (χ0v) is 15.4. The molecule has 1 fully saturated rings. The van der Waals surface area contributed by atoms with Crippen LogP contribution < -0.4 is 15.5 Å². The highest BCUT2D eigenvalue weighted by Gasteiger charge is 2.19. The van der Waals surface area contributed by atoms with Crippen LogP contribution in [0.25, 0.3) is 11.0 Å². The van der Waals surface area contributed by atoms with Crippen molar-refractivity contribution in [3.05, 3.63) is 47.2 Å². The minimum Gasteiger partial charge on any atom is -0.369 e. The first kappa shape index (κ1) is 18.2. The van der Waals surface area contributed by atoms with Crippen LogP contribution in [0.1, 0.15) is 18.7 Å². The molecule has 0 spiro atoms. The summed E-state index contributed by atoms with van der Waals surface area (Å²) in [6.45, 7) is 3.83. The minimum atomic E-state index is -0.482. The molecule has 1 aliphatic carbocycles. The summed E-state index contributed by atoms with van der Waals surface area (Å²) in [5.74, 6) is -0.288. The average Bonchev–Trinajstić information content (AvgIpc) is 3.10. The van der Waals surface area contributed by atoms with Crippen LogP contribution in [0.4, 0.5) is 10.1 Å². The Kier molecular flexibility index (Phi) is 5.08. The van der Waals surface area contributed by atoms with Crippen molar-refractivity contribution in [2.24, 2.45) is 0 Å². The number of imidazole rings is 1. The quantitative estimate of drug-likeness (QED) is 0.754. The topological polar surface area (TPSA) is 96.8 Å². The number of nitriles is 1. The molecule has 4 rings (SSSR count). The third kappa shape index (κ3) is 3.75. The Bertz CT molecular complexity index is 1010. The maximum absolute atomic E-state index is 13.7. The summed E-state index contributed by atoms with van der Waals surface area (Å²) in [4.78, 5) is 22.3. The van der Waals surface area contributed by atoms with Crippen LogP contribution in [0.3, 0.4) is 0 Å². The SMILES string of the molecule is N#CC1=C(F)CCC=C1NC(=O)Cc1nc2ccc(N3CCNCC3)cc2[nH]1. The molecule has 2 heterocycles. The van der Waals surface area contributed by atoms with E-state index in [0.29, 0.717) is 12.2 Å². The number of carbonyl (C=O) groups is 1. The highest BCUT2D eigenvalue weighted by atomic mass is 19.1. The molecule has 0 saturated carbocycles. The number of carbonyl (C=O) groups excluding carboxylic acids is 1. The standard InChI is InChI=1S/C20H21FN6O/c21-15-2-1-3-16(14(15)12-22)26-20(28)11-19-24-17-5-4-13(10-18(17)25-19)27-8-6-23-7-9-27/h3-5,10,23H,1-2,6-9,11H2,(H,24,25)(H,26,28). The summed E-state index contributed by atoms with van der Waals surface area (Å²) in [6.07, 6.45) is 2.36. The lowest BCUT2D eigenvalue weighted by atomic mass is 10.0. The van der Waals surface area contributed by atoms with Gasteiger partial charge in [0.1, 0.15) is 23.3 Å². The molecule has 1 aromatic carbocycles. The van der Waals surface area contributed by atoms with E-state index in [1.54, 1.807) is 6.08 Å². The second-order valence-corrected chi connectivity index (χ2v) is 6.90. The van der Waals surface area contributed by atoms with E-state index in [0.717, 1.165) is 42.9 Å². The number of amides is 1. The highest BCUT2D eigenvalue weighted by molar-refractivity contribution is 5.84. The van der Waals surface area contributed by atoms with Gasteiger partial charge in [-0.05, 0) is 24.6 Å². The Morgan fingerprint density at radius 1 is 1.36 bits per heavy atom. The van der Waals surface area contributed by atoms with Gasteiger partial charge in [0.05, 0.1) is 23.2 Å². The molecule has 28 heavy (non-hydrogen) atoms.